The molecule has 1 atom stereocenters. The van der Waals surface area contributed by atoms with Gasteiger partial charge in [0.2, 0.25) is 5.91 Å². The van der Waals surface area contributed by atoms with Crippen LogP contribution in [0.5, 0.6) is 5.75 Å². The number of carbonyl (C=O) groups excluding carboxylic acids is 2. The summed E-state index contributed by atoms with van der Waals surface area (Å²) in [7, 11) is 0. The summed E-state index contributed by atoms with van der Waals surface area (Å²) in [6.07, 6.45) is 1.80. The van der Waals surface area contributed by atoms with Gasteiger partial charge in [-0.1, -0.05) is 11.6 Å². The summed E-state index contributed by atoms with van der Waals surface area (Å²) in [6.45, 7) is 8.72. The Morgan fingerprint density at radius 2 is 1.90 bits per heavy atom. The molecule has 1 aromatic carbocycles. The van der Waals surface area contributed by atoms with E-state index in [-0.39, 0.29) is 24.6 Å². The van der Waals surface area contributed by atoms with Crippen LogP contribution in [0.1, 0.15) is 33.6 Å². The van der Waals surface area contributed by atoms with Gasteiger partial charge in [0, 0.05) is 37.8 Å². The second kappa shape index (κ2) is 10.4. The molecular weight excluding hydrogens is 422 g/mol. The molecule has 0 aromatic heterocycles. The van der Waals surface area contributed by atoms with Crippen LogP contribution in [-0.4, -0.2) is 79.4 Å². The van der Waals surface area contributed by atoms with Crippen LogP contribution in [0.4, 0.5) is 10.5 Å². The quantitative estimate of drug-likeness (QED) is 0.711. The topological polar surface area (TPSA) is 80.3 Å². The van der Waals surface area contributed by atoms with E-state index in [2.05, 4.69) is 5.32 Å². The van der Waals surface area contributed by atoms with Gasteiger partial charge in [-0.2, -0.15) is 0 Å². The lowest BCUT2D eigenvalue weighted by Gasteiger charge is -2.35. The van der Waals surface area contributed by atoms with Gasteiger partial charge in [-0.05, 0) is 51.8 Å². The Morgan fingerprint density at radius 3 is 2.55 bits per heavy atom. The van der Waals surface area contributed by atoms with Gasteiger partial charge in [-0.3, -0.25) is 4.79 Å². The van der Waals surface area contributed by atoms with Gasteiger partial charge in [-0.25, -0.2) is 4.79 Å². The monoisotopic (exact) mass is 453 g/mol. The lowest BCUT2D eigenvalue weighted by atomic mass is 10.2. The number of nitrogens with one attached hydrogen (secondary N) is 1. The average Bonchev–Trinajstić information content (AvgIpc) is 3.24. The number of hydrogen-bond acceptors (Lipinski definition) is 6. The fraction of sp³-hybridized carbons (Fsp3) is 0.636. The summed E-state index contributed by atoms with van der Waals surface area (Å²) < 4.78 is 16.9. The molecule has 2 amide bonds. The van der Waals surface area contributed by atoms with Crippen molar-refractivity contribution in [1.29, 1.82) is 0 Å². The second-order valence-electron chi connectivity index (χ2n) is 8.79. The van der Waals surface area contributed by atoms with Gasteiger partial charge in [0.05, 0.1) is 18.3 Å². The van der Waals surface area contributed by atoms with Crippen LogP contribution in [0.2, 0.25) is 5.02 Å². The maximum absolute atomic E-state index is 12.7. The predicted molar refractivity (Wildman–Crippen MR) is 119 cm³/mol. The first-order valence-corrected chi connectivity index (χ1v) is 11.1. The Hall–Kier alpha value is -2.19. The van der Waals surface area contributed by atoms with E-state index in [1.165, 1.54) is 0 Å². The Morgan fingerprint density at radius 1 is 1.19 bits per heavy atom. The molecule has 2 saturated heterocycles. The lowest BCUT2D eigenvalue weighted by Crippen LogP contribution is -2.52. The van der Waals surface area contributed by atoms with Crippen LogP contribution >= 0.6 is 11.6 Å². The lowest BCUT2D eigenvalue weighted by molar-refractivity contribution is -0.131. The first kappa shape index (κ1) is 23.5. The minimum atomic E-state index is -0.533. The summed E-state index contributed by atoms with van der Waals surface area (Å²) in [5.41, 5.74) is 0.139. The summed E-state index contributed by atoms with van der Waals surface area (Å²) >= 11 is 6.13. The van der Waals surface area contributed by atoms with Crippen LogP contribution < -0.4 is 10.1 Å². The van der Waals surface area contributed by atoms with Crippen LogP contribution in [0.25, 0.3) is 0 Å². The first-order valence-electron chi connectivity index (χ1n) is 10.7. The summed E-state index contributed by atoms with van der Waals surface area (Å²) in [4.78, 5) is 28.2. The van der Waals surface area contributed by atoms with Crippen molar-refractivity contribution >= 4 is 29.3 Å². The maximum atomic E-state index is 12.7. The number of nitrogens with zero attached hydrogens (tertiary/aromatic N) is 2. The Kier molecular flexibility index (Phi) is 7.89. The molecule has 2 fully saturated rings. The van der Waals surface area contributed by atoms with E-state index in [0.29, 0.717) is 49.2 Å². The number of amides is 2. The van der Waals surface area contributed by atoms with E-state index in [1.54, 1.807) is 28.0 Å². The molecule has 1 unspecified atom stereocenters. The largest absolute Gasteiger partial charge is 0.489 e. The molecule has 0 radical (unpaired) electrons. The molecule has 3 rings (SSSR count). The van der Waals surface area contributed by atoms with Crippen LogP contribution in [0.3, 0.4) is 0 Å². The standard InChI is InChI=1S/C22H32ClN3O5/c1-22(2,3)31-21(28)26-10-8-25(9-11-26)20(27)14-24-18-13-16(23)6-7-19(18)30-15-17-5-4-12-29-17/h6-7,13,17,24H,4-5,8-12,14-15H2,1-3H3. The number of hydrogen-bond donors (Lipinski definition) is 1. The molecule has 31 heavy (non-hydrogen) atoms. The van der Waals surface area contributed by atoms with Crippen molar-refractivity contribution in [3.05, 3.63) is 23.2 Å². The molecule has 1 N–H and O–H groups in total. The van der Waals surface area contributed by atoms with E-state index >= 15 is 0 Å². The van der Waals surface area contributed by atoms with E-state index in [9.17, 15) is 9.59 Å². The number of halogens is 1. The molecule has 0 saturated carbocycles. The van der Waals surface area contributed by atoms with Crippen LogP contribution in [0.15, 0.2) is 18.2 Å². The van der Waals surface area contributed by atoms with Crippen molar-refractivity contribution in [2.24, 2.45) is 0 Å². The molecule has 8 nitrogen and oxygen atoms in total. The summed E-state index contributed by atoms with van der Waals surface area (Å²) in [6, 6.07) is 5.30. The third kappa shape index (κ3) is 7.18. The Bertz CT molecular complexity index is 769. The highest BCUT2D eigenvalue weighted by atomic mass is 35.5. The molecule has 172 valence electrons. The maximum Gasteiger partial charge on any atom is 0.410 e. The Labute approximate surface area is 188 Å². The van der Waals surface area contributed by atoms with Crippen molar-refractivity contribution in [1.82, 2.24) is 9.80 Å². The molecule has 9 heteroatoms. The SMILES string of the molecule is CC(C)(C)OC(=O)N1CCN(C(=O)CNc2cc(Cl)ccc2OCC2CCCO2)CC1. The number of carbonyl (C=O) groups is 2. The molecular formula is C22H32ClN3O5. The molecule has 0 spiro atoms. The van der Waals surface area contributed by atoms with Gasteiger partial charge >= 0.3 is 6.09 Å². The third-order valence-electron chi connectivity index (χ3n) is 5.10. The minimum absolute atomic E-state index is 0.0473. The van der Waals surface area contributed by atoms with Crippen molar-refractivity contribution in [2.45, 2.75) is 45.3 Å². The number of ether oxygens (including phenoxy) is 3. The first-order chi connectivity index (χ1) is 14.7. The fourth-order valence-corrected chi connectivity index (χ4v) is 3.64. The van der Waals surface area contributed by atoms with E-state index in [0.717, 1.165) is 19.4 Å². The van der Waals surface area contributed by atoms with Gasteiger partial charge < -0.3 is 29.3 Å². The zero-order valence-corrected chi connectivity index (χ0v) is 19.2. The van der Waals surface area contributed by atoms with E-state index in [1.807, 2.05) is 20.8 Å². The second-order valence-corrected chi connectivity index (χ2v) is 9.22. The summed E-state index contributed by atoms with van der Waals surface area (Å²) in [5.74, 6) is 0.594. The zero-order valence-electron chi connectivity index (χ0n) is 18.5. The predicted octanol–water partition coefficient (Wildman–Crippen LogP) is 3.39. The number of piperazine rings is 1. The minimum Gasteiger partial charge on any atom is -0.489 e. The van der Waals surface area contributed by atoms with Gasteiger partial charge in [-0.15, -0.1) is 0 Å². The average molecular weight is 454 g/mol. The van der Waals surface area contributed by atoms with Crippen molar-refractivity contribution in [3.63, 3.8) is 0 Å². The zero-order chi connectivity index (χ0) is 22.4. The highest BCUT2D eigenvalue weighted by molar-refractivity contribution is 6.30. The highest BCUT2D eigenvalue weighted by Crippen LogP contribution is 2.29. The number of anilines is 1. The molecule has 1 aromatic rings. The number of rotatable bonds is 6. The van der Waals surface area contributed by atoms with Gasteiger partial charge in [0.25, 0.3) is 0 Å². The van der Waals surface area contributed by atoms with Crippen molar-refractivity contribution in [2.75, 3.05) is 51.3 Å². The van der Waals surface area contributed by atoms with Crippen LogP contribution in [-0.2, 0) is 14.3 Å². The number of benzene rings is 1. The van der Waals surface area contributed by atoms with E-state index in [4.69, 9.17) is 25.8 Å². The molecule has 0 bridgehead atoms. The van der Waals surface area contributed by atoms with Crippen LogP contribution in [0, 0.1) is 0 Å². The molecule has 2 aliphatic heterocycles. The fourth-order valence-electron chi connectivity index (χ4n) is 3.47. The van der Waals surface area contributed by atoms with Gasteiger partial charge in [0.15, 0.2) is 0 Å². The van der Waals surface area contributed by atoms with E-state index < -0.39 is 5.60 Å². The van der Waals surface area contributed by atoms with Crippen molar-refractivity contribution in [3.8, 4) is 5.75 Å². The highest BCUT2D eigenvalue weighted by Gasteiger charge is 2.27. The van der Waals surface area contributed by atoms with Crippen molar-refractivity contribution < 1.29 is 23.8 Å². The smallest absolute Gasteiger partial charge is 0.410 e. The van der Waals surface area contributed by atoms with Gasteiger partial charge in [0.1, 0.15) is 18.0 Å². The molecule has 2 aliphatic rings. The normalized spacial score (nSPS) is 19.3. The molecule has 0 aliphatic carbocycles. The summed E-state index contributed by atoms with van der Waals surface area (Å²) in [5, 5.41) is 3.71. The third-order valence-corrected chi connectivity index (χ3v) is 5.34. The Balaban J connectivity index is 1.48. The molecule has 2 heterocycles.